The van der Waals surface area contributed by atoms with Gasteiger partial charge in [0.25, 0.3) is 0 Å². The number of fused-ring (bicyclic) bond motifs is 1. The second-order valence-electron chi connectivity index (χ2n) is 6.24. The van der Waals surface area contributed by atoms with Crippen molar-refractivity contribution in [3.63, 3.8) is 0 Å². The molecular formula is C23H20N2. The summed E-state index contributed by atoms with van der Waals surface area (Å²) in [6.45, 7) is 0. The van der Waals surface area contributed by atoms with Crippen LogP contribution in [0.15, 0.2) is 95.1 Å². The fourth-order valence-electron chi connectivity index (χ4n) is 3.29. The molecule has 0 aromatic heterocycles. The van der Waals surface area contributed by atoms with Crippen molar-refractivity contribution in [3.8, 4) is 0 Å². The number of rotatable bonds is 3. The first kappa shape index (κ1) is 15.5. The number of benzene rings is 3. The molecule has 2 nitrogen and oxygen atoms in total. The van der Waals surface area contributed by atoms with Crippen LogP contribution >= 0.6 is 0 Å². The topological polar surface area (TPSA) is 24.7 Å². The molecule has 3 aromatic carbocycles. The molecule has 0 atom stereocenters. The van der Waals surface area contributed by atoms with Gasteiger partial charge in [-0.25, -0.2) is 0 Å². The average Bonchev–Trinajstić information content (AvgIpc) is 2.70. The lowest BCUT2D eigenvalue weighted by Gasteiger charge is -2.16. The number of aryl methyl sites for hydroxylation is 1. The van der Waals surface area contributed by atoms with E-state index in [1.165, 1.54) is 11.1 Å². The van der Waals surface area contributed by atoms with Gasteiger partial charge in [0.15, 0.2) is 0 Å². The first-order chi connectivity index (χ1) is 12.4. The van der Waals surface area contributed by atoms with Gasteiger partial charge >= 0.3 is 0 Å². The summed E-state index contributed by atoms with van der Waals surface area (Å²) in [6, 6.07) is 29.1. The molecule has 0 N–H and O–H groups in total. The van der Waals surface area contributed by atoms with Crippen LogP contribution in [0.3, 0.4) is 0 Å². The lowest BCUT2D eigenvalue weighted by molar-refractivity contribution is 0.835. The number of hydrogen-bond donors (Lipinski definition) is 0. The monoisotopic (exact) mass is 324 g/mol. The van der Waals surface area contributed by atoms with Crippen LogP contribution < -0.4 is 0 Å². The third-order valence-corrected chi connectivity index (χ3v) is 4.55. The summed E-state index contributed by atoms with van der Waals surface area (Å²) in [6.07, 6.45) is 3.25. The minimum atomic E-state index is 0.914. The highest BCUT2D eigenvalue weighted by molar-refractivity contribution is 6.13. The van der Waals surface area contributed by atoms with Crippen LogP contribution in [0, 0.1) is 0 Å². The molecule has 4 rings (SSSR count). The molecule has 0 saturated heterocycles. The Morgan fingerprint density at radius 3 is 1.92 bits per heavy atom. The molecule has 122 valence electrons. The van der Waals surface area contributed by atoms with E-state index >= 15 is 0 Å². The average molecular weight is 324 g/mol. The Kier molecular flexibility index (Phi) is 4.51. The van der Waals surface area contributed by atoms with Crippen molar-refractivity contribution < 1.29 is 0 Å². The fourth-order valence-corrected chi connectivity index (χ4v) is 3.29. The van der Waals surface area contributed by atoms with Crippen LogP contribution in [0.1, 0.15) is 35.1 Å². The molecule has 25 heavy (non-hydrogen) atoms. The van der Waals surface area contributed by atoms with Gasteiger partial charge in [0.2, 0.25) is 0 Å². The van der Waals surface area contributed by atoms with Gasteiger partial charge in [0, 0.05) is 16.7 Å². The maximum Gasteiger partial charge on any atom is 0.100 e. The predicted molar refractivity (Wildman–Crippen MR) is 104 cm³/mol. The molecule has 1 aliphatic carbocycles. The van der Waals surface area contributed by atoms with Crippen molar-refractivity contribution in [3.05, 3.63) is 107 Å². The molecule has 0 amide bonds. The zero-order chi connectivity index (χ0) is 16.9. The van der Waals surface area contributed by atoms with E-state index in [1.54, 1.807) is 0 Å². The van der Waals surface area contributed by atoms with Crippen molar-refractivity contribution in [2.24, 2.45) is 10.2 Å². The largest absolute Gasteiger partial charge is 0.154 e. The lowest BCUT2D eigenvalue weighted by atomic mass is 9.90. The van der Waals surface area contributed by atoms with E-state index in [9.17, 15) is 0 Å². The molecule has 0 fully saturated rings. The van der Waals surface area contributed by atoms with Crippen LogP contribution in [0.5, 0.6) is 0 Å². The van der Waals surface area contributed by atoms with Crippen LogP contribution in [-0.2, 0) is 6.42 Å². The van der Waals surface area contributed by atoms with Crippen LogP contribution in [0.4, 0.5) is 0 Å². The summed E-state index contributed by atoms with van der Waals surface area (Å²) in [5.41, 5.74) is 6.80. The quantitative estimate of drug-likeness (QED) is 0.463. The first-order valence-corrected chi connectivity index (χ1v) is 8.75. The van der Waals surface area contributed by atoms with Gasteiger partial charge in [-0.3, -0.25) is 0 Å². The zero-order valence-corrected chi connectivity index (χ0v) is 14.1. The SMILES string of the molecule is c1ccc(C(=N/N=C2/CCCc3ccccc32)c2ccccc2)cc1. The van der Waals surface area contributed by atoms with Gasteiger partial charge in [-0.05, 0) is 24.8 Å². The van der Waals surface area contributed by atoms with Crippen molar-refractivity contribution in [1.29, 1.82) is 0 Å². The Balaban J connectivity index is 1.79. The van der Waals surface area contributed by atoms with Gasteiger partial charge in [-0.1, -0.05) is 84.9 Å². The highest BCUT2D eigenvalue weighted by atomic mass is 15.2. The summed E-state index contributed by atoms with van der Waals surface area (Å²) in [5, 5.41) is 9.37. The van der Waals surface area contributed by atoms with E-state index in [-0.39, 0.29) is 0 Å². The van der Waals surface area contributed by atoms with E-state index in [0.717, 1.165) is 41.8 Å². The summed E-state index contributed by atoms with van der Waals surface area (Å²) in [4.78, 5) is 0. The predicted octanol–water partition coefficient (Wildman–Crippen LogP) is 5.26. The second kappa shape index (κ2) is 7.27. The van der Waals surface area contributed by atoms with Crippen LogP contribution in [-0.4, -0.2) is 11.4 Å². The minimum Gasteiger partial charge on any atom is -0.154 e. The van der Waals surface area contributed by atoms with Crippen LogP contribution in [0.2, 0.25) is 0 Å². The molecule has 0 unspecified atom stereocenters. The van der Waals surface area contributed by atoms with Crippen molar-refractivity contribution in [1.82, 2.24) is 0 Å². The van der Waals surface area contributed by atoms with E-state index in [2.05, 4.69) is 53.6 Å². The Morgan fingerprint density at radius 2 is 1.24 bits per heavy atom. The van der Waals surface area contributed by atoms with Crippen molar-refractivity contribution >= 4 is 11.4 Å². The second-order valence-corrected chi connectivity index (χ2v) is 6.24. The van der Waals surface area contributed by atoms with Crippen molar-refractivity contribution in [2.45, 2.75) is 19.3 Å². The van der Waals surface area contributed by atoms with E-state index < -0.39 is 0 Å². The van der Waals surface area contributed by atoms with Gasteiger partial charge in [-0.15, -0.1) is 5.10 Å². The van der Waals surface area contributed by atoms with Gasteiger partial charge < -0.3 is 0 Å². The molecule has 1 aliphatic rings. The third kappa shape index (κ3) is 3.43. The standard InChI is InChI=1S/C23H20N2/c1-3-11-19(12-4-1)23(20-13-5-2-6-14-20)25-24-22-17-9-15-18-10-7-8-16-21(18)22/h1-8,10-14,16H,9,15,17H2/b24-22-. The first-order valence-electron chi connectivity index (χ1n) is 8.75. The smallest absolute Gasteiger partial charge is 0.100 e. The Bertz CT molecular complexity index is 868. The fraction of sp³-hybridized carbons (Fsp3) is 0.130. The lowest BCUT2D eigenvalue weighted by Crippen LogP contribution is -2.12. The molecule has 2 heteroatoms. The van der Waals surface area contributed by atoms with E-state index in [0.29, 0.717) is 0 Å². The molecule has 0 spiro atoms. The van der Waals surface area contributed by atoms with Crippen molar-refractivity contribution in [2.75, 3.05) is 0 Å². The van der Waals surface area contributed by atoms with E-state index in [1.807, 2.05) is 36.4 Å². The molecule has 0 saturated carbocycles. The molecule has 0 bridgehead atoms. The molecular weight excluding hydrogens is 304 g/mol. The molecule has 3 aromatic rings. The highest BCUT2D eigenvalue weighted by Gasteiger charge is 2.15. The maximum absolute atomic E-state index is 4.69. The third-order valence-electron chi connectivity index (χ3n) is 4.55. The Morgan fingerprint density at radius 1 is 0.640 bits per heavy atom. The highest BCUT2D eigenvalue weighted by Crippen LogP contribution is 2.22. The minimum absolute atomic E-state index is 0.914. The van der Waals surface area contributed by atoms with Gasteiger partial charge in [-0.2, -0.15) is 5.10 Å². The number of nitrogens with zero attached hydrogens (tertiary/aromatic N) is 2. The molecule has 0 radical (unpaired) electrons. The summed E-state index contributed by atoms with van der Waals surface area (Å²) < 4.78 is 0. The van der Waals surface area contributed by atoms with E-state index in [4.69, 9.17) is 5.10 Å². The van der Waals surface area contributed by atoms with Gasteiger partial charge in [0.05, 0.1) is 5.71 Å². The van der Waals surface area contributed by atoms with Gasteiger partial charge in [0.1, 0.15) is 5.71 Å². The molecule has 0 aliphatic heterocycles. The Labute approximate surface area is 148 Å². The maximum atomic E-state index is 4.69. The summed E-state index contributed by atoms with van der Waals surface area (Å²) >= 11 is 0. The zero-order valence-electron chi connectivity index (χ0n) is 14.1. The normalized spacial score (nSPS) is 14.8. The number of hydrogen-bond acceptors (Lipinski definition) is 2. The van der Waals surface area contributed by atoms with Crippen LogP contribution in [0.25, 0.3) is 0 Å². The summed E-state index contributed by atoms with van der Waals surface area (Å²) in [5.74, 6) is 0. The molecule has 0 heterocycles. The Hall–Kier alpha value is -3.00. The summed E-state index contributed by atoms with van der Waals surface area (Å²) in [7, 11) is 0.